The van der Waals surface area contributed by atoms with Gasteiger partial charge in [0.25, 0.3) is 0 Å². The van der Waals surface area contributed by atoms with Crippen molar-refractivity contribution in [2.24, 2.45) is 15.9 Å². The van der Waals surface area contributed by atoms with Crippen LogP contribution < -0.4 is 17.1 Å². The molecule has 36 heavy (non-hydrogen) atoms. The van der Waals surface area contributed by atoms with E-state index in [9.17, 15) is 24.0 Å². The monoisotopic (exact) mass is 505 g/mol. The number of isocyanates is 2. The topological polar surface area (TPSA) is 125 Å². The molecule has 10 nitrogen and oxygen atoms in total. The fraction of sp³-hybridized carbons (Fsp3) is 0.808. The van der Waals surface area contributed by atoms with Crippen molar-refractivity contribution in [3.8, 4) is 0 Å². The molecule has 0 amide bonds. The van der Waals surface area contributed by atoms with E-state index in [0.717, 1.165) is 64.2 Å². The lowest BCUT2D eigenvalue weighted by Gasteiger charge is -2.14. The van der Waals surface area contributed by atoms with Gasteiger partial charge in [0.15, 0.2) is 0 Å². The minimum Gasteiger partial charge on any atom is -0.247 e. The fourth-order valence-electron chi connectivity index (χ4n) is 4.15. The van der Waals surface area contributed by atoms with E-state index in [0.29, 0.717) is 38.4 Å². The summed E-state index contributed by atoms with van der Waals surface area (Å²) in [6.45, 7) is 6.08. The number of rotatable bonds is 21. The predicted octanol–water partition coefficient (Wildman–Crippen LogP) is 3.57. The highest BCUT2D eigenvalue weighted by molar-refractivity contribution is 5.32. The molecule has 10 heteroatoms. The molecule has 0 spiro atoms. The second-order valence-corrected chi connectivity index (χ2v) is 9.67. The highest BCUT2D eigenvalue weighted by Crippen LogP contribution is 2.09. The van der Waals surface area contributed by atoms with Crippen LogP contribution in [0.2, 0.25) is 0 Å². The summed E-state index contributed by atoms with van der Waals surface area (Å²) in [4.78, 5) is 66.5. The molecule has 1 aromatic rings. The number of aromatic nitrogens is 3. The lowest BCUT2D eigenvalue weighted by atomic mass is 10.0. The van der Waals surface area contributed by atoms with E-state index in [1.807, 2.05) is 0 Å². The van der Waals surface area contributed by atoms with Gasteiger partial charge in [0.05, 0.1) is 13.1 Å². The number of carbonyl (C=O) groups excluding carboxylic acids is 2. The third-order valence-corrected chi connectivity index (χ3v) is 6.23. The second kappa shape index (κ2) is 19.4. The average molecular weight is 506 g/mol. The quantitative estimate of drug-likeness (QED) is 0.143. The van der Waals surface area contributed by atoms with Gasteiger partial charge in [0, 0.05) is 19.6 Å². The molecule has 0 fully saturated rings. The Morgan fingerprint density at radius 3 is 1.22 bits per heavy atom. The Morgan fingerprint density at radius 1 is 0.556 bits per heavy atom. The van der Waals surface area contributed by atoms with Gasteiger partial charge in [-0.3, -0.25) is 0 Å². The van der Waals surface area contributed by atoms with Gasteiger partial charge in [-0.15, -0.1) is 0 Å². The maximum Gasteiger partial charge on any atom is 0.336 e. The molecular weight excluding hydrogens is 462 g/mol. The number of aliphatic imine (C=N–C) groups is 2. The molecule has 0 N–H and O–H groups in total. The van der Waals surface area contributed by atoms with E-state index in [1.165, 1.54) is 32.3 Å². The number of hydrogen-bond acceptors (Lipinski definition) is 7. The summed E-state index contributed by atoms with van der Waals surface area (Å²) in [7, 11) is 0. The van der Waals surface area contributed by atoms with Crippen LogP contribution in [-0.2, 0) is 29.2 Å². The smallest absolute Gasteiger partial charge is 0.247 e. The summed E-state index contributed by atoms with van der Waals surface area (Å²) >= 11 is 0. The summed E-state index contributed by atoms with van der Waals surface area (Å²) in [6, 6.07) is 0. The first kappa shape index (κ1) is 31.2. The van der Waals surface area contributed by atoms with Crippen molar-refractivity contribution in [3.63, 3.8) is 0 Å². The molecule has 0 unspecified atom stereocenters. The molecule has 0 aliphatic heterocycles. The molecule has 1 heterocycles. The molecule has 1 aromatic heterocycles. The molecule has 0 aliphatic rings. The number of unbranched alkanes of at least 4 members (excludes halogenated alkanes) is 9. The van der Waals surface area contributed by atoms with Crippen molar-refractivity contribution >= 4 is 12.2 Å². The molecule has 0 radical (unpaired) electrons. The van der Waals surface area contributed by atoms with Crippen LogP contribution in [0.4, 0.5) is 0 Å². The van der Waals surface area contributed by atoms with Crippen molar-refractivity contribution in [2.45, 2.75) is 117 Å². The zero-order valence-corrected chi connectivity index (χ0v) is 22.1. The lowest BCUT2D eigenvalue weighted by molar-refractivity contribution is 0.411. The molecule has 1 rings (SSSR count). The standard InChI is InChI=1S/C26H43N5O5/c1-23(2)15-9-3-6-12-18-29-24(34)30(19-13-7-4-10-16-27-21-32)26(36)31(25(29)35)20-14-8-5-11-17-28-22-33/h23H,3-20H2,1-2H3. The summed E-state index contributed by atoms with van der Waals surface area (Å²) in [6.07, 6.45) is 14.1. The Kier molecular flexibility index (Phi) is 16.8. The van der Waals surface area contributed by atoms with Crippen LogP contribution in [0.1, 0.15) is 97.3 Å². The van der Waals surface area contributed by atoms with Crippen LogP contribution in [0.25, 0.3) is 0 Å². The van der Waals surface area contributed by atoms with Crippen molar-refractivity contribution in [3.05, 3.63) is 31.5 Å². The van der Waals surface area contributed by atoms with E-state index in [-0.39, 0.29) is 13.1 Å². The Bertz CT molecular complexity index is 958. The van der Waals surface area contributed by atoms with E-state index in [4.69, 9.17) is 0 Å². The Labute approximate surface area is 213 Å². The third kappa shape index (κ3) is 12.2. The third-order valence-electron chi connectivity index (χ3n) is 6.23. The highest BCUT2D eigenvalue weighted by atomic mass is 16.2. The Hall–Kier alpha value is -2.83. The van der Waals surface area contributed by atoms with E-state index in [1.54, 1.807) is 0 Å². The molecule has 0 saturated heterocycles. The van der Waals surface area contributed by atoms with Crippen LogP contribution in [0.15, 0.2) is 24.4 Å². The van der Waals surface area contributed by atoms with Crippen molar-refractivity contribution in [1.82, 2.24) is 13.7 Å². The van der Waals surface area contributed by atoms with Gasteiger partial charge >= 0.3 is 17.1 Å². The van der Waals surface area contributed by atoms with Crippen LogP contribution in [0.3, 0.4) is 0 Å². The van der Waals surface area contributed by atoms with Crippen LogP contribution in [0.5, 0.6) is 0 Å². The summed E-state index contributed by atoms with van der Waals surface area (Å²) in [5.41, 5.74) is -1.60. The first-order chi connectivity index (χ1) is 17.4. The maximum atomic E-state index is 13.1. The number of hydrogen-bond donors (Lipinski definition) is 0. The molecule has 202 valence electrons. The molecule has 0 aliphatic carbocycles. The molecule has 0 aromatic carbocycles. The molecular formula is C26H43N5O5. The van der Waals surface area contributed by atoms with Crippen molar-refractivity contribution in [1.29, 1.82) is 0 Å². The average Bonchev–Trinajstić information content (AvgIpc) is 2.85. The van der Waals surface area contributed by atoms with Gasteiger partial charge in [-0.1, -0.05) is 65.2 Å². The number of nitrogens with zero attached hydrogens (tertiary/aromatic N) is 5. The van der Waals surface area contributed by atoms with Crippen LogP contribution >= 0.6 is 0 Å². The largest absolute Gasteiger partial charge is 0.336 e. The van der Waals surface area contributed by atoms with Gasteiger partial charge in [-0.25, -0.2) is 47.7 Å². The molecule has 0 saturated carbocycles. The van der Waals surface area contributed by atoms with E-state index >= 15 is 0 Å². The first-order valence-corrected chi connectivity index (χ1v) is 13.5. The SMILES string of the molecule is CC(C)CCCCCCn1c(=O)n(CCCCCCN=C=O)c(=O)n(CCCCCCN=C=O)c1=O. The van der Waals surface area contributed by atoms with Gasteiger partial charge < -0.3 is 0 Å². The van der Waals surface area contributed by atoms with Crippen LogP contribution in [0, 0.1) is 5.92 Å². The molecule has 0 atom stereocenters. The van der Waals surface area contributed by atoms with E-state index < -0.39 is 17.1 Å². The van der Waals surface area contributed by atoms with Gasteiger partial charge in [-0.05, 0) is 38.0 Å². The second-order valence-electron chi connectivity index (χ2n) is 9.67. The Balaban J connectivity index is 2.88. The fourth-order valence-corrected chi connectivity index (χ4v) is 4.15. The minimum absolute atomic E-state index is 0.257. The van der Waals surface area contributed by atoms with Gasteiger partial charge in [-0.2, -0.15) is 0 Å². The maximum absolute atomic E-state index is 13.1. The predicted molar refractivity (Wildman–Crippen MR) is 140 cm³/mol. The van der Waals surface area contributed by atoms with Gasteiger partial charge in [0.2, 0.25) is 12.2 Å². The minimum atomic E-state index is -0.547. The molecule has 0 bridgehead atoms. The zero-order valence-electron chi connectivity index (χ0n) is 22.1. The van der Waals surface area contributed by atoms with E-state index in [2.05, 4.69) is 23.8 Å². The van der Waals surface area contributed by atoms with Crippen molar-refractivity contribution < 1.29 is 9.59 Å². The van der Waals surface area contributed by atoms with Gasteiger partial charge in [0.1, 0.15) is 0 Å². The summed E-state index contributed by atoms with van der Waals surface area (Å²) in [5.74, 6) is 0.666. The highest BCUT2D eigenvalue weighted by Gasteiger charge is 2.15. The lowest BCUT2D eigenvalue weighted by Crippen LogP contribution is -2.54. The first-order valence-electron chi connectivity index (χ1n) is 13.5. The summed E-state index contributed by atoms with van der Waals surface area (Å²) in [5, 5.41) is 0. The van der Waals surface area contributed by atoms with Crippen LogP contribution in [-0.4, -0.2) is 39.0 Å². The van der Waals surface area contributed by atoms with Crippen molar-refractivity contribution in [2.75, 3.05) is 13.1 Å². The summed E-state index contributed by atoms with van der Waals surface area (Å²) < 4.78 is 3.62. The Morgan fingerprint density at radius 2 is 0.889 bits per heavy atom. The zero-order chi connectivity index (χ0) is 26.6. The normalized spacial score (nSPS) is 10.9.